The van der Waals surface area contributed by atoms with Gasteiger partial charge in [-0.05, 0) is 67.9 Å². The maximum atomic E-state index is 12.7. The van der Waals surface area contributed by atoms with E-state index in [-0.39, 0.29) is 17.6 Å². The number of aromatic nitrogens is 3. The number of anilines is 2. The summed E-state index contributed by atoms with van der Waals surface area (Å²) in [4.78, 5) is 25.1. The van der Waals surface area contributed by atoms with Crippen LogP contribution in [0.5, 0.6) is 5.75 Å². The fraction of sp³-hybridized carbons (Fsp3) is 0.167. The lowest BCUT2D eigenvalue weighted by Crippen LogP contribution is -2.14. The Morgan fingerprint density at radius 2 is 1.82 bits per heavy atom. The van der Waals surface area contributed by atoms with E-state index >= 15 is 0 Å². The summed E-state index contributed by atoms with van der Waals surface area (Å²) in [5, 5.41) is 14.5. The molecule has 8 nitrogen and oxygen atoms in total. The zero-order chi connectivity index (χ0) is 23.2. The zero-order valence-electron chi connectivity index (χ0n) is 18.2. The van der Waals surface area contributed by atoms with E-state index in [1.807, 2.05) is 50.2 Å². The van der Waals surface area contributed by atoms with Gasteiger partial charge in [0.25, 0.3) is 5.91 Å². The van der Waals surface area contributed by atoms with Crippen LogP contribution in [0.25, 0.3) is 5.65 Å². The molecule has 0 saturated heterocycles. The van der Waals surface area contributed by atoms with Crippen molar-refractivity contribution in [1.29, 1.82) is 0 Å². The Labute approximate surface area is 195 Å². The Kier molecular flexibility index (Phi) is 6.89. The molecule has 2 aromatic carbocycles. The molecule has 2 amide bonds. The number of aryl methyl sites for hydroxylation is 1. The summed E-state index contributed by atoms with van der Waals surface area (Å²) in [5.74, 6) is 0.491. The molecule has 4 aromatic rings. The van der Waals surface area contributed by atoms with Crippen molar-refractivity contribution in [3.63, 3.8) is 0 Å². The lowest BCUT2D eigenvalue weighted by Gasteiger charge is -2.08. The quantitative estimate of drug-likeness (QED) is 0.377. The van der Waals surface area contributed by atoms with Crippen LogP contribution in [0.3, 0.4) is 0 Å². The highest BCUT2D eigenvalue weighted by Gasteiger charge is 2.13. The minimum atomic E-state index is -0.236. The molecule has 0 spiro atoms. The fourth-order valence-electron chi connectivity index (χ4n) is 3.16. The number of rotatable bonds is 8. The lowest BCUT2D eigenvalue weighted by atomic mass is 10.2. The number of pyridine rings is 1. The molecule has 0 aliphatic heterocycles. The Balaban J connectivity index is 1.40. The third-order valence-electron chi connectivity index (χ3n) is 4.69. The monoisotopic (exact) mass is 461 g/mol. The van der Waals surface area contributed by atoms with E-state index in [1.54, 1.807) is 34.9 Å². The molecule has 2 aromatic heterocycles. The van der Waals surface area contributed by atoms with Crippen molar-refractivity contribution < 1.29 is 14.3 Å². The topological polar surface area (TPSA) is 97.6 Å². The SMILES string of the molecule is CCOc1ccc(NC(=O)CSc2nnc3ccc(C(=O)Nc4cccc(C)c4)cn23)cc1. The number of amides is 2. The van der Waals surface area contributed by atoms with E-state index in [9.17, 15) is 9.59 Å². The van der Waals surface area contributed by atoms with Crippen LogP contribution in [-0.4, -0.2) is 38.8 Å². The maximum Gasteiger partial charge on any atom is 0.257 e. The molecule has 0 fully saturated rings. The molecule has 4 rings (SSSR count). The largest absolute Gasteiger partial charge is 0.494 e. The van der Waals surface area contributed by atoms with Crippen LogP contribution in [0.4, 0.5) is 11.4 Å². The van der Waals surface area contributed by atoms with Crippen molar-refractivity contribution >= 4 is 40.6 Å². The Bertz CT molecular complexity index is 1290. The molecular formula is C24H23N5O3S. The van der Waals surface area contributed by atoms with Crippen LogP contribution in [0.15, 0.2) is 72.0 Å². The summed E-state index contributed by atoms with van der Waals surface area (Å²) in [6.07, 6.45) is 1.67. The summed E-state index contributed by atoms with van der Waals surface area (Å²) in [6, 6.07) is 18.2. The van der Waals surface area contributed by atoms with Crippen LogP contribution in [0, 0.1) is 6.92 Å². The number of nitrogens with one attached hydrogen (secondary N) is 2. The molecule has 2 heterocycles. The third kappa shape index (κ3) is 5.69. The molecule has 0 aliphatic carbocycles. The zero-order valence-corrected chi connectivity index (χ0v) is 19.1. The summed E-state index contributed by atoms with van der Waals surface area (Å²) < 4.78 is 7.11. The molecule has 0 saturated carbocycles. The van der Waals surface area contributed by atoms with E-state index in [0.29, 0.717) is 28.7 Å². The van der Waals surface area contributed by atoms with Crippen molar-refractivity contribution in [3.8, 4) is 5.75 Å². The van der Waals surface area contributed by atoms with E-state index in [0.717, 1.165) is 17.0 Å². The maximum absolute atomic E-state index is 12.7. The first-order chi connectivity index (χ1) is 16.0. The summed E-state index contributed by atoms with van der Waals surface area (Å²) in [5.41, 5.74) is 3.53. The van der Waals surface area contributed by atoms with E-state index in [1.165, 1.54) is 11.8 Å². The minimum Gasteiger partial charge on any atom is -0.494 e. The third-order valence-corrected chi connectivity index (χ3v) is 5.63. The number of carbonyl (C=O) groups is 2. The van der Waals surface area contributed by atoms with Gasteiger partial charge in [-0.1, -0.05) is 23.9 Å². The van der Waals surface area contributed by atoms with E-state index in [2.05, 4.69) is 20.8 Å². The highest BCUT2D eigenvalue weighted by molar-refractivity contribution is 7.99. The number of thioether (sulfide) groups is 1. The first-order valence-electron chi connectivity index (χ1n) is 10.4. The molecule has 33 heavy (non-hydrogen) atoms. The second-order valence-corrected chi connectivity index (χ2v) is 8.19. The van der Waals surface area contributed by atoms with Crippen molar-refractivity contribution in [2.75, 3.05) is 23.0 Å². The summed E-state index contributed by atoms with van der Waals surface area (Å²) in [6.45, 7) is 4.47. The van der Waals surface area contributed by atoms with Gasteiger partial charge in [0, 0.05) is 17.6 Å². The van der Waals surface area contributed by atoms with Crippen LogP contribution >= 0.6 is 11.8 Å². The average molecular weight is 462 g/mol. The van der Waals surface area contributed by atoms with Crippen molar-refractivity contribution in [3.05, 3.63) is 78.0 Å². The van der Waals surface area contributed by atoms with Gasteiger partial charge in [-0.3, -0.25) is 14.0 Å². The highest BCUT2D eigenvalue weighted by atomic mass is 32.2. The van der Waals surface area contributed by atoms with Gasteiger partial charge < -0.3 is 15.4 Å². The summed E-state index contributed by atoms with van der Waals surface area (Å²) in [7, 11) is 0. The molecule has 0 unspecified atom stereocenters. The van der Waals surface area contributed by atoms with E-state index < -0.39 is 0 Å². The number of carbonyl (C=O) groups excluding carboxylic acids is 2. The van der Waals surface area contributed by atoms with Crippen LogP contribution < -0.4 is 15.4 Å². The number of fused-ring (bicyclic) bond motifs is 1. The van der Waals surface area contributed by atoms with Crippen molar-refractivity contribution in [1.82, 2.24) is 14.6 Å². The van der Waals surface area contributed by atoms with Gasteiger partial charge in [-0.25, -0.2) is 0 Å². The average Bonchev–Trinajstić information content (AvgIpc) is 3.21. The number of hydrogen-bond acceptors (Lipinski definition) is 6. The van der Waals surface area contributed by atoms with Gasteiger partial charge in [-0.2, -0.15) is 0 Å². The fourth-order valence-corrected chi connectivity index (χ4v) is 3.87. The lowest BCUT2D eigenvalue weighted by molar-refractivity contribution is -0.113. The second-order valence-electron chi connectivity index (χ2n) is 7.25. The Morgan fingerprint density at radius 3 is 2.58 bits per heavy atom. The number of nitrogens with zero attached hydrogens (tertiary/aromatic N) is 3. The number of ether oxygens (including phenoxy) is 1. The second kappa shape index (κ2) is 10.2. The number of benzene rings is 2. The predicted octanol–water partition coefficient (Wildman–Crippen LogP) is 4.42. The molecule has 0 radical (unpaired) electrons. The normalized spacial score (nSPS) is 10.7. The molecular weight excluding hydrogens is 438 g/mol. The smallest absolute Gasteiger partial charge is 0.257 e. The molecule has 0 aliphatic rings. The highest BCUT2D eigenvalue weighted by Crippen LogP contribution is 2.20. The van der Waals surface area contributed by atoms with Gasteiger partial charge in [0.05, 0.1) is 17.9 Å². The first-order valence-corrected chi connectivity index (χ1v) is 11.4. The standard InChI is InChI=1S/C24H23N5O3S/c1-3-32-20-10-8-18(9-11-20)25-22(30)15-33-24-28-27-21-12-7-17(14-29(21)24)23(31)26-19-6-4-5-16(2)13-19/h4-14H,3,15H2,1-2H3,(H,25,30)(H,26,31). The molecule has 0 bridgehead atoms. The minimum absolute atomic E-state index is 0.147. The van der Waals surface area contributed by atoms with Crippen LogP contribution in [0.2, 0.25) is 0 Å². The molecule has 2 N–H and O–H groups in total. The van der Waals surface area contributed by atoms with Gasteiger partial charge >= 0.3 is 0 Å². The van der Waals surface area contributed by atoms with Gasteiger partial charge in [-0.15, -0.1) is 10.2 Å². The summed E-state index contributed by atoms with van der Waals surface area (Å²) >= 11 is 1.24. The Morgan fingerprint density at radius 1 is 1.00 bits per heavy atom. The predicted molar refractivity (Wildman–Crippen MR) is 129 cm³/mol. The van der Waals surface area contributed by atoms with Gasteiger partial charge in [0.15, 0.2) is 10.8 Å². The molecule has 168 valence electrons. The van der Waals surface area contributed by atoms with Gasteiger partial charge in [0.1, 0.15) is 5.75 Å². The van der Waals surface area contributed by atoms with Crippen LogP contribution in [0.1, 0.15) is 22.8 Å². The number of hydrogen-bond donors (Lipinski definition) is 2. The van der Waals surface area contributed by atoms with Crippen molar-refractivity contribution in [2.45, 2.75) is 19.0 Å². The van der Waals surface area contributed by atoms with Gasteiger partial charge in [0.2, 0.25) is 5.91 Å². The van der Waals surface area contributed by atoms with Crippen LogP contribution in [-0.2, 0) is 4.79 Å². The molecule has 9 heteroatoms. The Hall–Kier alpha value is -3.85. The van der Waals surface area contributed by atoms with Crippen molar-refractivity contribution in [2.24, 2.45) is 0 Å². The first kappa shape index (κ1) is 22.3. The molecule has 0 atom stereocenters. The van der Waals surface area contributed by atoms with E-state index in [4.69, 9.17) is 4.74 Å².